The van der Waals surface area contributed by atoms with Crippen LogP contribution in [0.5, 0.6) is 5.88 Å². The summed E-state index contributed by atoms with van der Waals surface area (Å²) in [5.74, 6) is 1.69. The lowest BCUT2D eigenvalue weighted by atomic mass is 10.2. The molecule has 0 aromatic carbocycles. The second-order valence-electron chi connectivity index (χ2n) is 5.43. The number of anilines is 1. The molecular weight excluding hydrogens is 371 g/mol. The molecule has 0 spiro atoms. The van der Waals surface area contributed by atoms with Gasteiger partial charge in [-0.15, -0.1) is 0 Å². The van der Waals surface area contributed by atoms with Crippen LogP contribution >= 0.6 is 23.2 Å². The van der Waals surface area contributed by atoms with Crippen molar-refractivity contribution in [2.24, 2.45) is 0 Å². The van der Waals surface area contributed by atoms with Crippen LogP contribution in [0.1, 0.15) is 18.2 Å². The van der Waals surface area contributed by atoms with Crippen molar-refractivity contribution in [3.63, 3.8) is 0 Å². The third-order valence-electron chi connectivity index (χ3n) is 3.37. The average molecular weight is 391 g/mol. The smallest absolute Gasteiger partial charge is 0.219 e. The molecule has 2 rings (SSSR count). The van der Waals surface area contributed by atoms with Crippen LogP contribution in [0.25, 0.3) is 0 Å². The topological polar surface area (TPSA) is 59.9 Å². The molecule has 0 fully saturated rings. The normalized spacial score (nSPS) is 12.0. The van der Waals surface area contributed by atoms with Crippen molar-refractivity contribution in [2.75, 3.05) is 11.9 Å². The molecule has 0 amide bonds. The fourth-order valence-corrected chi connectivity index (χ4v) is 2.21. The molecule has 5 nitrogen and oxygen atoms in total. The van der Waals surface area contributed by atoms with Crippen molar-refractivity contribution < 1.29 is 4.74 Å². The first-order valence-electron chi connectivity index (χ1n) is 8.00. The number of hydrogen-bond acceptors (Lipinski definition) is 5. The molecule has 0 bridgehead atoms. The zero-order valence-electron chi connectivity index (χ0n) is 14.7. The summed E-state index contributed by atoms with van der Waals surface area (Å²) in [5.41, 5.74) is 1.81. The number of nitrogens with zero attached hydrogens (tertiary/aromatic N) is 3. The van der Waals surface area contributed by atoms with E-state index in [-0.39, 0.29) is 0 Å². The van der Waals surface area contributed by atoms with Gasteiger partial charge in [0.1, 0.15) is 22.9 Å². The van der Waals surface area contributed by atoms with E-state index in [0.717, 1.165) is 17.7 Å². The van der Waals surface area contributed by atoms with Gasteiger partial charge in [-0.05, 0) is 44.1 Å². The molecule has 0 aliphatic heterocycles. The average Bonchev–Trinajstić information content (AvgIpc) is 2.63. The lowest BCUT2D eigenvalue weighted by molar-refractivity contribution is 0.426. The Morgan fingerprint density at radius 2 is 2.08 bits per heavy atom. The van der Waals surface area contributed by atoms with Crippen LogP contribution in [0.2, 0.25) is 5.02 Å². The van der Waals surface area contributed by atoms with Gasteiger partial charge in [-0.25, -0.2) is 15.0 Å². The highest BCUT2D eigenvalue weighted by molar-refractivity contribution is 6.33. The maximum atomic E-state index is 6.16. The van der Waals surface area contributed by atoms with E-state index in [0.29, 0.717) is 34.1 Å². The van der Waals surface area contributed by atoms with Gasteiger partial charge in [-0.1, -0.05) is 35.8 Å². The summed E-state index contributed by atoms with van der Waals surface area (Å²) in [7, 11) is 0. The number of aromatic nitrogens is 3. The standard InChI is InChI=1S/C19H20Cl2N4O/c1-4-16(7-5-13(2)20)26-17-8-6-15(11-23-17)9-10-22-19-18(21)14(3)24-12-25-19/h4-8,11-12H,1,9-10H2,2-3H3,(H,22,24,25)/b13-5+,16-7+. The number of halogens is 2. The van der Waals surface area contributed by atoms with E-state index in [1.165, 1.54) is 6.33 Å². The third kappa shape index (κ3) is 6.17. The van der Waals surface area contributed by atoms with Gasteiger partial charge in [0.05, 0.1) is 5.69 Å². The highest BCUT2D eigenvalue weighted by atomic mass is 35.5. The van der Waals surface area contributed by atoms with Crippen LogP contribution in [0, 0.1) is 6.92 Å². The Kier molecular flexibility index (Phi) is 7.63. The van der Waals surface area contributed by atoms with Crippen molar-refractivity contribution in [1.82, 2.24) is 15.0 Å². The van der Waals surface area contributed by atoms with Crippen molar-refractivity contribution in [2.45, 2.75) is 20.3 Å². The quantitative estimate of drug-likeness (QED) is 0.502. The largest absolute Gasteiger partial charge is 0.439 e. The highest BCUT2D eigenvalue weighted by Crippen LogP contribution is 2.20. The molecule has 0 saturated carbocycles. The number of aryl methyl sites for hydroxylation is 1. The Balaban J connectivity index is 1.91. The number of rotatable bonds is 8. The lowest BCUT2D eigenvalue weighted by Gasteiger charge is -2.09. The summed E-state index contributed by atoms with van der Waals surface area (Å²) >= 11 is 12.0. The summed E-state index contributed by atoms with van der Waals surface area (Å²) in [5, 5.41) is 4.40. The zero-order chi connectivity index (χ0) is 18.9. The number of hydrogen-bond donors (Lipinski definition) is 1. The van der Waals surface area contributed by atoms with E-state index in [9.17, 15) is 0 Å². The molecule has 26 heavy (non-hydrogen) atoms. The second kappa shape index (κ2) is 9.94. The lowest BCUT2D eigenvalue weighted by Crippen LogP contribution is -2.08. The molecule has 1 N–H and O–H groups in total. The van der Waals surface area contributed by atoms with Crippen LogP contribution in [-0.4, -0.2) is 21.5 Å². The summed E-state index contributed by atoms with van der Waals surface area (Å²) in [6.45, 7) is 8.02. The molecular formula is C19H20Cl2N4O. The van der Waals surface area contributed by atoms with Gasteiger partial charge in [0, 0.05) is 23.8 Å². The molecule has 136 valence electrons. The van der Waals surface area contributed by atoms with E-state index in [1.54, 1.807) is 31.3 Å². The van der Waals surface area contributed by atoms with Crippen LogP contribution in [0.3, 0.4) is 0 Å². The minimum Gasteiger partial charge on any atom is -0.439 e. The molecule has 0 atom stereocenters. The predicted octanol–water partition coefficient (Wildman–Crippen LogP) is 5.08. The Morgan fingerprint density at radius 3 is 2.73 bits per heavy atom. The molecule has 0 aliphatic carbocycles. The van der Waals surface area contributed by atoms with E-state index >= 15 is 0 Å². The Hall–Kier alpha value is -2.37. The highest BCUT2D eigenvalue weighted by Gasteiger charge is 2.05. The first-order valence-corrected chi connectivity index (χ1v) is 8.75. The van der Waals surface area contributed by atoms with Crippen LogP contribution in [-0.2, 0) is 6.42 Å². The van der Waals surface area contributed by atoms with Crippen molar-refractivity contribution in [1.29, 1.82) is 0 Å². The van der Waals surface area contributed by atoms with Gasteiger partial charge in [0.25, 0.3) is 0 Å². The van der Waals surface area contributed by atoms with E-state index in [4.69, 9.17) is 27.9 Å². The zero-order valence-corrected chi connectivity index (χ0v) is 16.2. The van der Waals surface area contributed by atoms with Crippen molar-refractivity contribution in [3.05, 3.63) is 76.5 Å². The van der Waals surface area contributed by atoms with Gasteiger partial charge in [-0.3, -0.25) is 0 Å². The van der Waals surface area contributed by atoms with E-state index in [2.05, 4.69) is 26.8 Å². The molecule has 0 aliphatic rings. The van der Waals surface area contributed by atoms with Gasteiger partial charge in [-0.2, -0.15) is 0 Å². The first kappa shape index (κ1) is 19.9. The monoisotopic (exact) mass is 390 g/mol. The van der Waals surface area contributed by atoms with Gasteiger partial charge in [0.2, 0.25) is 5.88 Å². The SMILES string of the molecule is C=C/C(=C\C=C(/C)Cl)Oc1ccc(CCNc2ncnc(C)c2Cl)cn1. The summed E-state index contributed by atoms with van der Waals surface area (Å²) in [6, 6.07) is 3.77. The third-order valence-corrected chi connectivity index (χ3v) is 3.95. The molecule has 2 heterocycles. The summed E-state index contributed by atoms with van der Waals surface area (Å²) < 4.78 is 5.65. The van der Waals surface area contributed by atoms with Crippen LogP contribution in [0.4, 0.5) is 5.82 Å². The predicted molar refractivity (Wildman–Crippen MR) is 107 cm³/mol. The molecule has 7 heteroatoms. The maximum Gasteiger partial charge on any atom is 0.219 e. The first-order chi connectivity index (χ1) is 12.5. The molecule has 0 radical (unpaired) electrons. The summed E-state index contributed by atoms with van der Waals surface area (Å²) in [4.78, 5) is 12.5. The Bertz CT molecular complexity index is 813. The summed E-state index contributed by atoms with van der Waals surface area (Å²) in [6.07, 6.45) is 9.10. The molecule has 0 unspecified atom stereocenters. The van der Waals surface area contributed by atoms with Crippen LogP contribution in [0.15, 0.2) is 60.3 Å². The van der Waals surface area contributed by atoms with Gasteiger partial charge >= 0.3 is 0 Å². The fraction of sp³-hybridized carbons (Fsp3) is 0.211. The maximum absolute atomic E-state index is 6.16. The van der Waals surface area contributed by atoms with Gasteiger partial charge < -0.3 is 10.1 Å². The molecule has 2 aromatic rings. The second-order valence-corrected chi connectivity index (χ2v) is 6.41. The minimum absolute atomic E-state index is 0.489. The van der Waals surface area contributed by atoms with Gasteiger partial charge in [0.15, 0.2) is 0 Å². The number of allylic oxidation sites excluding steroid dienone is 4. The van der Waals surface area contributed by atoms with Crippen molar-refractivity contribution in [3.8, 4) is 5.88 Å². The molecule has 2 aromatic heterocycles. The number of nitrogens with one attached hydrogen (secondary N) is 1. The van der Waals surface area contributed by atoms with E-state index in [1.807, 2.05) is 19.1 Å². The Morgan fingerprint density at radius 1 is 1.27 bits per heavy atom. The van der Waals surface area contributed by atoms with E-state index < -0.39 is 0 Å². The fourth-order valence-electron chi connectivity index (χ4n) is 1.99. The van der Waals surface area contributed by atoms with Crippen LogP contribution < -0.4 is 10.1 Å². The number of ether oxygens (including phenoxy) is 1. The minimum atomic E-state index is 0.489. The van der Waals surface area contributed by atoms with Crippen molar-refractivity contribution >= 4 is 29.0 Å². The Labute approximate surface area is 163 Å². The molecule has 0 saturated heterocycles. The number of pyridine rings is 1.